The Labute approximate surface area is 104 Å². The van der Waals surface area contributed by atoms with E-state index in [2.05, 4.69) is 29.1 Å². The Morgan fingerprint density at radius 1 is 1.53 bits per heavy atom. The first-order chi connectivity index (χ1) is 7.99. The van der Waals surface area contributed by atoms with E-state index in [4.69, 9.17) is 18.1 Å². The number of rotatable bonds is 3. The quantitative estimate of drug-likeness (QED) is 0.641. The highest BCUT2D eigenvalue weighted by atomic mass is 32.1. The van der Waals surface area contributed by atoms with Crippen molar-refractivity contribution in [2.45, 2.75) is 27.3 Å². The fourth-order valence-corrected chi connectivity index (χ4v) is 1.77. The molecule has 3 N–H and O–H groups in total. The third kappa shape index (κ3) is 2.23. The molecule has 6 nitrogen and oxygen atoms in total. The van der Waals surface area contributed by atoms with Crippen molar-refractivity contribution >= 4 is 12.2 Å². The fourth-order valence-electron chi connectivity index (χ4n) is 1.64. The summed E-state index contributed by atoms with van der Waals surface area (Å²) in [6.45, 7) is 7.20. The number of nitrogen functional groups attached to an aromatic ring is 1. The van der Waals surface area contributed by atoms with E-state index >= 15 is 0 Å². The molecule has 17 heavy (non-hydrogen) atoms. The summed E-state index contributed by atoms with van der Waals surface area (Å²) in [4.78, 5) is 0. The molecule has 0 aliphatic carbocycles. The summed E-state index contributed by atoms with van der Waals surface area (Å²) in [5.74, 6) is 6.86. The van der Waals surface area contributed by atoms with Gasteiger partial charge >= 0.3 is 0 Å². The second-order valence-corrected chi connectivity index (χ2v) is 4.86. The number of H-pyrrole nitrogens is 1. The highest BCUT2D eigenvalue weighted by Crippen LogP contribution is 2.16. The van der Waals surface area contributed by atoms with E-state index in [0.717, 1.165) is 17.9 Å². The van der Waals surface area contributed by atoms with Crippen molar-refractivity contribution in [1.29, 1.82) is 0 Å². The summed E-state index contributed by atoms with van der Waals surface area (Å²) < 4.78 is 3.67. The van der Waals surface area contributed by atoms with Gasteiger partial charge in [-0.2, -0.15) is 10.2 Å². The van der Waals surface area contributed by atoms with Crippen molar-refractivity contribution in [2.24, 2.45) is 5.92 Å². The van der Waals surface area contributed by atoms with Crippen molar-refractivity contribution < 1.29 is 0 Å². The van der Waals surface area contributed by atoms with Crippen LogP contribution in [-0.2, 0) is 6.54 Å². The van der Waals surface area contributed by atoms with Crippen LogP contribution in [0.4, 0.5) is 0 Å². The van der Waals surface area contributed by atoms with Crippen molar-refractivity contribution in [1.82, 2.24) is 24.7 Å². The van der Waals surface area contributed by atoms with Crippen molar-refractivity contribution in [3.05, 3.63) is 16.5 Å². The molecule has 0 amide bonds. The summed E-state index contributed by atoms with van der Waals surface area (Å²) in [5, 5.41) is 11.2. The van der Waals surface area contributed by atoms with Gasteiger partial charge in [0.1, 0.15) is 5.69 Å². The van der Waals surface area contributed by atoms with E-state index in [1.165, 1.54) is 4.68 Å². The molecule has 0 fully saturated rings. The highest BCUT2D eigenvalue weighted by Gasteiger charge is 2.12. The molecule has 92 valence electrons. The van der Waals surface area contributed by atoms with Crippen LogP contribution < -0.4 is 5.84 Å². The molecular weight excluding hydrogens is 236 g/mol. The van der Waals surface area contributed by atoms with Gasteiger partial charge in [0.25, 0.3) is 0 Å². The first kappa shape index (κ1) is 11.8. The van der Waals surface area contributed by atoms with E-state index < -0.39 is 0 Å². The minimum absolute atomic E-state index is 0.385. The molecule has 7 heteroatoms. The Hall–Kier alpha value is -1.63. The van der Waals surface area contributed by atoms with Crippen LogP contribution >= 0.6 is 12.2 Å². The molecule has 0 aromatic carbocycles. The molecule has 2 rings (SSSR count). The van der Waals surface area contributed by atoms with Crippen molar-refractivity contribution in [3.63, 3.8) is 0 Å². The fraction of sp³-hybridized carbons (Fsp3) is 0.500. The molecule has 2 aromatic heterocycles. The Morgan fingerprint density at radius 2 is 2.24 bits per heavy atom. The monoisotopic (exact) mass is 252 g/mol. The van der Waals surface area contributed by atoms with Crippen LogP contribution in [-0.4, -0.2) is 24.7 Å². The minimum Gasteiger partial charge on any atom is -0.335 e. The second kappa shape index (κ2) is 4.33. The highest BCUT2D eigenvalue weighted by molar-refractivity contribution is 7.71. The average molecular weight is 252 g/mol. The zero-order valence-electron chi connectivity index (χ0n) is 10.1. The van der Waals surface area contributed by atoms with E-state index in [9.17, 15) is 0 Å². The molecule has 0 spiro atoms. The molecule has 2 aromatic rings. The van der Waals surface area contributed by atoms with E-state index in [1.54, 1.807) is 0 Å². The predicted molar refractivity (Wildman–Crippen MR) is 68.4 cm³/mol. The normalized spacial score (nSPS) is 11.3. The summed E-state index contributed by atoms with van der Waals surface area (Å²) >= 11 is 4.97. The maximum atomic E-state index is 5.76. The standard InChI is InChI=1S/C10H16N6S/c1-6(2)5-15-7(3)4-8(14-15)9-12-13-10(17)16(9)11/h4,6H,5,11H2,1-3H3,(H,13,17). The Bertz CT molecular complexity index is 576. The molecule has 0 saturated carbocycles. The van der Waals surface area contributed by atoms with Crippen LogP contribution in [0.25, 0.3) is 11.5 Å². The molecule has 0 saturated heterocycles. The Kier molecular flexibility index (Phi) is 3.01. The van der Waals surface area contributed by atoms with E-state index in [-0.39, 0.29) is 0 Å². The van der Waals surface area contributed by atoms with Gasteiger partial charge in [0.15, 0.2) is 0 Å². The maximum Gasteiger partial charge on any atom is 0.214 e. The van der Waals surface area contributed by atoms with Crippen LogP contribution in [0.1, 0.15) is 19.5 Å². The zero-order valence-corrected chi connectivity index (χ0v) is 11.0. The lowest BCUT2D eigenvalue weighted by atomic mass is 10.2. The Morgan fingerprint density at radius 3 is 2.76 bits per heavy atom. The molecular formula is C10H16N6S. The van der Waals surface area contributed by atoms with Gasteiger partial charge in [0.05, 0.1) is 0 Å². The average Bonchev–Trinajstić information content (AvgIpc) is 2.73. The number of nitrogens with zero attached hydrogens (tertiary/aromatic N) is 4. The van der Waals surface area contributed by atoms with Crippen molar-refractivity contribution in [2.75, 3.05) is 5.84 Å². The van der Waals surface area contributed by atoms with Gasteiger partial charge in [-0.1, -0.05) is 13.8 Å². The van der Waals surface area contributed by atoms with Gasteiger partial charge in [-0.15, -0.1) is 0 Å². The lowest BCUT2D eigenvalue weighted by Crippen LogP contribution is -2.11. The number of nitrogens with two attached hydrogens (primary N) is 1. The Balaban J connectivity index is 2.41. The lowest BCUT2D eigenvalue weighted by Gasteiger charge is -2.06. The third-order valence-electron chi connectivity index (χ3n) is 2.45. The summed E-state index contributed by atoms with van der Waals surface area (Å²) in [6.07, 6.45) is 0. The molecule has 0 aliphatic heterocycles. The smallest absolute Gasteiger partial charge is 0.214 e. The molecule has 0 aliphatic rings. The SMILES string of the molecule is Cc1cc(-c2n[nH]c(=S)n2N)nn1CC(C)C. The minimum atomic E-state index is 0.385. The summed E-state index contributed by atoms with van der Waals surface area (Å²) in [5.41, 5.74) is 1.82. The topological polar surface area (TPSA) is 77.4 Å². The summed E-state index contributed by atoms with van der Waals surface area (Å²) in [6, 6.07) is 1.96. The molecule has 2 heterocycles. The predicted octanol–water partition coefficient (Wildman–Crippen LogP) is 1.48. The van der Waals surface area contributed by atoms with Gasteiger partial charge in [0, 0.05) is 12.2 Å². The first-order valence-electron chi connectivity index (χ1n) is 5.46. The number of hydrogen-bond acceptors (Lipinski definition) is 4. The van der Waals surface area contributed by atoms with Gasteiger partial charge in [-0.25, -0.2) is 9.77 Å². The molecule has 0 radical (unpaired) electrons. The number of nitrogens with one attached hydrogen (secondary N) is 1. The summed E-state index contributed by atoms with van der Waals surface area (Å²) in [7, 11) is 0. The number of hydrogen-bond donors (Lipinski definition) is 2. The van der Waals surface area contributed by atoms with E-state index in [1.807, 2.05) is 17.7 Å². The van der Waals surface area contributed by atoms with Gasteiger partial charge < -0.3 is 5.84 Å². The lowest BCUT2D eigenvalue weighted by molar-refractivity contribution is 0.475. The van der Waals surface area contributed by atoms with Gasteiger partial charge in [-0.3, -0.25) is 4.68 Å². The van der Waals surface area contributed by atoms with Crippen LogP contribution in [0.5, 0.6) is 0 Å². The second-order valence-electron chi connectivity index (χ2n) is 4.47. The van der Waals surface area contributed by atoms with Crippen LogP contribution in [0, 0.1) is 17.6 Å². The third-order valence-corrected chi connectivity index (χ3v) is 2.74. The zero-order chi connectivity index (χ0) is 12.6. The maximum absolute atomic E-state index is 5.76. The van der Waals surface area contributed by atoms with Crippen LogP contribution in [0.2, 0.25) is 0 Å². The van der Waals surface area contributed by atoms with E-state index in [0.29, 0.717) is 16.5 Å². The van der Waals surface area contributed by atoms with Crippen LogP contribution in [0.15, 0.2) is 6.07 Å². The number of aromatic amines is 1. The van der Waals surface area contributed by atoms with Gasteiger partial charge in [-0.05, 0) is 31.1 Å². The number of aromatic nitrogens is 5. The first-order valence-corrected chi connectivity index (χ1v) is 5.87. The molecule has 0 unspecified atom stereocenters. The molecule has 0 bridgehead atoms. The molecule has 0 atom stereocenters. The largest absolute Gasteiger partial charge is 0.335 e. The van der Waals surface area contributed by atoms with Gasteiger partial charge in [0.2, 0.25) is 10.6 Å². The number of aryl methyl sites for hydroxylation is 1. The van der Waals surface area contributed by atoms with Crippen molar-refractivity contribution in [3.8, 4) is 11.5 Å². The van der Waals surface area contributed by atoms with Crippen LogP contribution in [0.3, 0.4) is 0 Å².